The molecule has 1 aromatic rings. The van der Waals surface area contributed by atoms with Crippen molar-refractivity contribution in [3.05, 3.63) is 23.3 Å². The van der Waals surface area contributed by atoms with Crippen LogP contribution >= 0.6 is 0 Å². The van der Waals surface area contributed by atoms with E-state index in [1.54, 1.807) is 14.2 Å². The summed E-state index contributed by atoms with van der Waals surface area (Å²) >= 11 is 0. The number of unbranched alkanes of at least 4 members (excludes halogenated alkanes) is 1. The van der Waals surface area contributed by atoms with Gasteiger partial charge < -0.3 is 24.6 Å². The van der Waals surface area contributed by atoms with E-state index in [9.17, 15) is 0 Å². The van der Waals surface area contributed by atoms with Crippen molar-refractivity contribution in [3.63, 3.8) is 0 Å². The van der Waals surface area contributed by atoms with E-state index < -0.39 is 0 Å². The number of ether oxygens (including phenoxy) is 2. The molecule has 0 bridgehead atoms. The molecule has 1 aromatic carbocycles. The zero-order valence-electron chi connectivity index (χ0n) is 18.7. The number of piperidine rings is 1. The molecule has 29 heavy (non-hydrogen) atoms. The van der Waals surface area contributed by atoms with E-state index in [0.717, 1.165) is 49.6 Å². The van der Waals surface area contributed by atoms with Gasteiger partial charge >= 0.3 is 0 Å². The number of aliphatic imine (C=N–C) groups is 1. The van der Waals surface area contributed by atoms with Crippen molar-refractivity contribution in [3.8, 4) is 11.5 Å². The number of guanidine groups is 1. The summed E-state index contributed by atoms with van der Waals surface area (Å²) in [4.78, 5) is 9.51. The Morgan fingerprint density at radius 3 is 2.55 bits per heavy atom. The first-order valence-electron chi connectivity index (χ1n) is 11.1. The maximum Gasteiger partial charge on any atom is 0.193 e. The molecule has 0 radical (unpaired) electrons. The highest BCUT2D eigenvalue weighted by molar-refractivity contribution is 5.80. The summed E-state index contributed by atoms with van der Waals surface area (Å²) in [5, 5.41) is 3.57. The highest BCUT2D eigenvalue weighted by atomic mass is 16.5. The summed E-state index contributed by atoms with van der Waals surface area (Å²) in [5.41, 5.74) is 2.63. The number of rotatable bonds is 7. The smallest absolute Gasteiger partial charge is 0.193 e. The van der Waals surface area contributed by atoms with Crippen LogP contribution in [0.1, 0.15) is 50.2 Å². The van der Waals surface area contributed by atoms with E-state index in [0.29, 0.717) is 0 Å². The molecule has 2 aliphatic heterocycles. The Morgan fingerprint density at radius 1 is 1.10 bits per heavy atom. The number of benzene rings is 1. The Labute approximate surface area is 176 Å². The molecule has 0 aromatic heterocycles. The molecule has 0 amide bonds. The van der Waals surface area contributed by atoms with Gasteiger partial charge in [-0.1, -0.05) is 6.42 Å². The van der Waals surface area contributed by atoms with E-state index in [4.69, 9.17) is 9.47 Å². The summed E-state index contributed by atoms with van der Waals surface area (Å²) in [6.45, 7) is 7.66. The molecular weight excluding hydrogens is 364 g/mol. The van der Waals surface area contributed by atoms with Crippen LogP contribution in [-0.4, -0.2) is 69.2 Å². The van der Waals surface area contributed by atoms with E-state index in [-0.39, 0.29) is 0 Å². The molecule has 0 spiro atoms. The summed E-state index contributed by atoms with van der Waals surface area (Å²) in [5.74, 6) is 2.60. The Bertz CT molecular complexity index is 692. The lowest BCUT2D eigenvalue weighted by atomic mass is 9.99. The molecule has 2 aliphatic rings. The van der Waals surface area contributed by atoms with Crippen LogP contribution in [0.2, 0.25) is 0 Å². The highest BCUT2D eigenvalue weighted by Crippen LogP contribution is 2.33. The van der Waals surface area contributed by atoms with E-state index in [1.165, 1.54) is 56.3 Å². The average molecular weight is 403 g/mol. The lowest BCUT2D eigenvalue weighted by molar-refractivity contribution is 0.158. The number of likely N-dealkylation sites (tertiary alicyclic amines) is 1. The van der Waals surface area contributed by atoms with Crippen molar-refractivity contribution in [2.24, 2.45) is 4.99 Å². The van der Waals surface area contributed by atoms with Gasteiger partial charge in [0.1, 0.15) is 0 Å². The van der Waals surface area contributed by atoms with Crippen molar-refractivity contribution in [2.45, 2.75) is 58.0 Å². The summed E-state index contributed by atoms with van der Waals surface area (Å²) in [7, 11) is 5.26. The SMILES string of the molecule is CN=C(NCCCCN1CCCCC1C)N1CCc2cc(OC)c(OC)cc2C1. The number of nitrogens with one attached hydrogen (secondary N) is 1. The first kappa shape index (κ1) is 21.8. The average Bonchev–Trinajstić information content (AvgIpc) is 2.76. The quantitative estimate of drug-likeness (QED) is 0.431. The zero-order chi connectivity index (χ0) is 20.6. The minimum atomic E-state index is 0.758. The molecule has 1 atom stereocenters. The van der Waals surface area contributed by atoms with Crippen LogP contribution in [0.4, 0.5) is 0 Å². The molecule has 1 N–H and O–H groups in total. The standard InChI is InChI=1S/C23H38N4O2/c1-18-9-5-7-12-26(18)13-8-6-11-25-23(24-2)27-14-10-19-15-21(28-3)22(29-4)16-20(19)17-27/h15-16,18H,5-14,17H2,1-4H3,(H,24,25). The van der Waals surface area contributed by atoms with Crippen molar-refractivity contribution >= 4 is 5.96 Å². The summed E-state index contributed by atoms with van der Waals surface area (Å²) in [6.07, 6.45) is 7.53. The van der Waals surface area contributed by atoms with Crippen molar-refractivity contribution < 1.29 is 9.47 Å². The van der Waals surface area contributed by atoms with Crippen LogP contribution in [0.25, 0.3) is 0 Å². The van der Waals surface area contributed by atoms with Gasteiger partial charge in [-0.3, -0.25) is 4.99 Å². The van der Waals surface area contributed by atoms with Gasteiger partial charge in [-0.25, -0.2) is 0 Å². The third kappa shape index (κ3) is 5.56. The fourth-order valence-corrected chi connectivity index (χ4v) is 4.53. The maximum atomic E-state index is 5.48. The Morgan fingerprint density at radius 2 is 1.86 bits per heavy atom. The monoisotopic (exact) mass is 402 g/mol. The number of hydrogen-bond donors (Lipinski definition) is 1. The molecule has 1 unspecified atom stereocenters. The molecular formula is C23H38N4O2. The van der Waals surface area contributed by atoms with Gasteiger partial charge in [0, 0.05) is 32.7 Å². The number of hydrogen-bond acceptors (Lipinski definition) is 4. The highest BCUT2D eigenvalue weighted by Gasteiger charge is 2.22. The normalized spacial score (nSPS) is 20.3. The first-order valence-corrected chi connectivity index (χ1v) is 11.1. The van der Waals surface area contributed by atoms with Gasteiger partial charge in [0.15, 0.2) is 17.5 Å². The maximum absolute atomic E-state index is 5.48. The molecule has 1 fully saturated rings. The molecule has 2 heterocycles. The van der Waals surface area contributed by atoms with Crippen molar-refractivity contribution in [2.75, 3.05) is 47.4 Å². The van der Waals surface area contributed by atoms with Crippen LogP contribution < -0.4 is 14.8 Å². The molecule has 3 rings (SSSR count). The number of methoxy groups -OCH3 is 2. The van der Waals surface area contributed by atoms with Crippen LogP contribution in [-0.2, 0) is 13.0 Å². The Balaban J connectivity index is 1.47. The van der Waals surface area contributed by atoms with Crippen LogP contribution in [0.15, 0.2) is 17.1 Å². The minimum Gasteiger partial charge on any atom is -0.493 e. The van der Waals surface area contributed by atoms with Gasteiger partial charge in [0.05, 0.1) is 14.2 Å². The van der Waals surface area contributed by atoms with Gasteiger partial charge in [0.25, 0.3) is 0 Å². The molecule has 0 saturated carbocycles. The predicted molar refractivity (Wildman–Crippen MR) is 119 cm³/mol. The van der Waals surface area contributed by atoms with E-state index in [2.05, 4.69) is 39.2 Å². The van der Waals surface area contributed by atoms with Gasteiger partial charge in [-0.05, 0) is 75.4 Å². The number of fused-ring (bicyclic) bond motifs is 1. The van der Waals surface area contributed by atoms with Gasteiger partial charge in [-0.2, -0.15) is 0 Å². The van der Waals surface area contributed by atoms with Crippen molar-refractivity contribution in [1.82, 2.24) is 15.1 Å². The second kappa shape index (κ2) is 10.7. The van der Waals surface area contributed by atoms with Crippen LogP contribution in [0.3, 0.4) is 0 Å². The molecule has 162 valence electrons. The number of nitrogens with zero attached hydrogens (tertiary/aromatic N) is 3. The van der Waals surface area contributed by atoms with E-state index in [1.807, 2.05) is 7.05 Å². The third-order valence-corrected chi connectivity index (χ3v) is 6.33. The van der Waals surface area contributed by atoms with Crippen LogP contribution in [0, 0.1) is 0 Å². The third-order valence-electron chi connectivity index (χ3n) is 6.33. The molecule has 1 saturated heterocycles. The van der Waals surface area contributed by atoms with Crippen molar-refractivity contribution in [1.29, 1.82) is 0 Å². The molecule has 6 nitrogen and oxygen atoms in total. The fraction of sp³-hybridized carbons (Fsp3) is 0.696. The van der Waals surface area contributed by atoms with Crippen LogP contribution in [0.5, 0.6) is 11.5 Å². The Kier molecular flexibility index (Phi) is 8.04. The zero-order valence-corrected chi connectivity index (χ0v) is 18.7. The van der Waals surface area contributed by atoms with E-state index >= 15 is 0 Å². The fourth-order valence-electron chi connectivity index (χ4n) is 4.53. The summed E-state index contributed by atoms with van der Waals surface area (Å²) in [6, 6.07) is 4.98. The minimum absolute atomic E-state index is 0.758. The van der Waals surface area contributed by atoms with Gasteiger partial charge in [0.2, 0.25) is 0 Å². The molecule has 0 aliphatic carbocycles. The Hall–Kier alpha value is -1.95. The lowest BCUT2D eigenvalue weighted by Crippen LogP contribution is -2.44. The predicted octanol–water partition coefficient (Wildman–Crippen LogP) is 3.29. The topological polar surface area (TPSA) is 49.3 Å². The summed E-state index contributed by atoms with van der Waals surface area (Å²) < 4.78 is 10.9. The molecule has 6 heteroatoms. The van der Waals surface area contributed by atoms with Gasteiger partial charge in [-0.15, -0.1) is 0 Å². The first-order chi connectivity index (χ1) is 14.2. The largest absolute Gasteiger partial charge is 0.493 e. The lowest BCUT2D eigenvalue weighted by Gasteiger charge is -2.33. The second-order valence-corrected chi connectivity index (χ2v) is 8.21. The second-order valence-electron chi connectivity index (χ2n) is 8.21.